The molecule has 2 aromatic carbocycles. The van der Waals surface area contributed by atoms with Crippen molar-refractivity contribution in [2.24, 2.45) is 0 Å². The number of ether oxygens (including phenoxy) is 1. The first-order valence-electron chi connectivity index (χ1n) is 5.36. The Labute approximate surface area is 133 Å². The number of benzene rings is 2. The van der Waals surface area contributed by atoms with Crippen LogP contribution in [0.5, 0.6) is 5.75 Å². The van der Waals surface area contributed by atoms with Gasteiger partial charge >= 0.3 is 29.6 Å². The molecule has 2 rings (SSSR count). The van der Waals surface area contributed by atoms with Crippen molar-refractivity contribution in [1.82, 2.24) is 0 Å². The predicted octanol–water partition coefficient (Wildman–Crippen LogP) is -0.929. The van der Waals surface area contributed by atoms with Gasteiger partial charge in [-0.1, -0.05) is 12.1 Å². The van der Waals surface area contributed by atoms with Crippen LogP contribution in [0.1, 0.15) is 6.92 Å². The third-order valence-electron chi connectivity index (χ3n) is 2.59. The third kappa shape index (κ3) is 3.40. The minimum absolute atomic E-state index is 0. The van der Waals surface area contributed by atoms with Crippen molar-refractivity contribution in [3.63, 3.8) is 0 Å². The third-order valence-corrected chi connectivity index (χ3v) is 3.44. The van der Waals surface area contributed by atoms with E-state index in [2.05, 4.69) is 0 Å². The van der Waals surface area contributed by atoms with E-state index in [-0.39, 0.29) is 34.5 Å². The molecule has 0 aliphatic carbocycles. The molecule has 0 atom stereocenters. The smallest absolute Gasteiger partial charge is 0.492 e. The molecule has 0 aromatic heterocycles. The fraction of sp³-hybridized carbons (Fsp3) is 0.167. The second kappa shape index (κ2) is 6.11. The average molecular weight is 290 g/mol. The Bertz CT molecular complexity index is 700. The number of rotatable bonds is 3. The second-order valence-corrected chi connectivity index (χ2v) is 5.19. The molecule has 0 fully saturated rings. The van der Waals surface area contributed by atoms with Crippen LogP contribution in [0.25, 0.3) is 10.8 Å². The van der Waals surface area contributed by atoms with Crippen molar-refractivity contribution < 1.29 is 47.3 Å². The van der Waals surface area contributed by atoms with Gasteiger partial charge in [0.25, 0.3) is 10.1 Å². The van der Waals surface area contributed by atoms with Crippen LogP contribution in [0, 0.1) is 0 Å². The Hall–Kier alpha value is -0.790. The molecular weight excluding hydrogens is 277 g/mol. The molecule has 96 valence electrons. The molecule has 0 amide bonds. The van der Waals surface area contributed by atoms with E-state index in [1.165, 1.54) is 12.1 Å². The first-order chi connectivity index (χ1) is 8.43. The molecule has 2 aromatic rings. The van der Waals surface area contributed by atoms with Crippen LogP contribution in [0.15, 0.2) is 35.2 Å². The zero-order valence-electron chi connectivity index (χ0n) is 10.8. The van der Waals surface area contributed by atoms with E-state index < -0.39 is 10.1 Å². The summed E-state index contributed by atoms with van der Waals surface area (Å²) in [5, 5.41) is 1.32. The SMILES string of the molecule is CCOc1ccc2cc(S(=O)(=O)O)ccc2c1N.[Na+]. The van der Waals surface area contributed by atoms with Gasteiger partial charge in [0.05, 0.1) is 17.2 Å². The summed E-state index contributed by atoms with van der Waals surface area (Å²) < 4.78 is 36.4. The molecule has 0 aliphatic rings. The van der Waals surface area contributed by atoms with Gasteiger partial charge in [0.1, 0.15) is 5.75 Å². The first kappa shape index (κ1) is 16.3. The maximum absolute atomic E-state index is 11.0. The summed E-state index contributed by atoms with van der Waals surface area (Å²) in [5.41, 5.74) is 6.38. The number of anilines is 1. The monoisotopic (exact) mass is 290 g/mol. The topological polar surface area (TPSA) is 89.6 Å². The molecule has 0 unspecified atom stereocenters. The molecule has 19 heavy (non-hydrogen) atoms. The van der Waals surface area contributed by atoms with Gasteiger partial charge < -0.3 is 10.5 Å². The fourth-order valence-corrected chi connectivity index (χ4v) is 2.27. The zero-order valence-corrected chi connectivity index (χ0v) is 13.6. The zero-order chi connectivity index (χ0) is 13.3. The summed E-state index contributed by atoms with van der Waals surface area (Å²) in [7, 11) is -4.20. The van der Waals surface area contributed by atoms with Gasteiger partial charge in [0.15, 0.2) is 0 Å². The molecular formula is C12H13NNaO4S+. The Balaban J connectivity index is 0.00000180. The van der Waals surface area contributed by atoms with Gasteiger partial charge in [-0.3, -0.25) is 4.55 Å². The second-order valence-electron chi connectivity index (χ2n) is 3.77. The quantitative estimate of drug-likeness (QED) is 0.433. The molecule has 0 saturated carbocycles. The van der Waals surface area contributed by atoms with Gasteiger partial charge in [0, 0.05) is 5.39 Å². The van der Waals surface area contributed by atoms with Crippen molar-refractivity contribution in [3.05, 3.63) is 30.3 Å². The minimum atomic E-state index is -4.20. The van der Waals surface area contributed by atoms with E-state index in [1.54, 1.807) is 18.2 Å². The number of nitrogen functional groups attached to an aromatic ring is 1. The maximum atomic E-state index is 11.0. The van der Waals surface area contributed by atoms with Crippen LogP contribution < -0.4 is 40.0 Å². The summed E-state index contributed by atoms with van der Waals surface area (Å²) in [4.78, 5) is -0.154. The van der Waals surface area contributed by atoms with Crippen molar-refractivity contribution in [3.8, 4) is 5.75 Å². The molecule has 3 N–H and O–H groups in total. The van der Waals surface area contributed by atoms with E-state index >= 15 is 0 Å². The van der Waals surface area contributed by atoms with Gasteiger partial charge in [0.2, 0.25) is 0 Å². The van der Waals surface area contributed by atoms with E-state index in [1.807, 2.05) is 6.92 Å². The molecule has 7 heteroatoms. The standard InChI is InChI=1S/C12H13NO4S.Na/c1-2-17-11-6-3-8-7-9(18(14,15)16)4-5-10(8)12(11)13;/h3-7H,2,13H2,1H3,(H,14,15,16);/q;+1. The van der Waals surface area contributed by atoms with Crippen molar-refractivity contribution in [2.45, 2.75) is 11.8 Å². The van der Waals surface area contributed by atoms with Crippen molar-refractivity contribution in [2.75, 3.05) is 12.3 Å². The van der Waals surface area contributed by atoms with Crippen LogP contribution in [-0.4, -0.2) is 19.6 Å². The Morgan fingerprint density at radius 2 is 1.95 bits per heavy atom. The van der Waals surface area contributed by atoms with Gasteiger partial charge in [-0.15, -0.1) is 0 Å². The summed E-state index contributed by atoms with van der Waals surface area (Å²) in [6, 6.07) is 7.61. The number of fused-ring (bicyclic) bond motifs is 1. The first-order valence-corrected chi connectivity index (χ1v) is 6.80. The van der Waals surface area contributed by atoms with E-state index in [0.717, 1.165) is 0 Å². The van der Waals surface area contributed by atoms with E-state index in [4.69, 9.17) is 15.0 Å². The van der Waals surface area contributed by atoms with E-state index in [0.29, 0.717) is 28.8 Å². The van der Waals surface area contributed by atoms with Crippen LogP contribution in [-0.2, 0) is 10.1 Å². The molecule has 0 heterocycles. The van der Waals surface area contributed by atoms with Gasteiger partial charge in [-0.2, -0.15) is 8.42 Å². The molecule has 0 saturated heterocycles. The summed E-state index contributed by atoms with van der Waals surface area (Å²) >= 11 is 0. The normalized spacial score (nSPS) is 11.1. The Morgan fingerprint density at radius 1 is 1.26 bits per heavy atom. The molecule has 0 bridgehead atoms. The summed E-state index contributed by atoms with van der Waals surface area (Å²) in [6.07, 6.45) is 0. The fourth-order valence-electron chi connectivity index (χ4n) is 1.75. The van der Waals surface area contributed by atoms with Crippen LogP contribution in [0.2, 0.25) is 0 Å². The minimum Gasteiger partial charge on any atom is -0.492 e. The Morgan fingerprint density at radius 3 is 2.53 bits per heavy atom. The average Bonchev–Trinajstić information content (AvgIpc) is 2.31. The summed E-state index contributed by atoms with van der Waals surface area (Å²) in [6.45, 7) is 2.35. The van der Waals surface area contributed by atoms with Crippen LogP contribution in [0.3, 0.4) is 0 Å². The Kier molecular flexibility index (Phi) is 5.23. The number of nitrogens with two attached hydrogens (primary N) is 1. The summed E-state index contributed by atoms with van der Waals surface area (Å²) in [5.74, 6) is 0.560. The van der Waals surface area contributed by atoms with Crippen molar-refractivity contribution >= 4 is 26.6 Å². The van der Waals surface area contributed by atoms with Crippen LogP contribution >= 0.6 is 0 Å². The van der Waals surface area contributed by atoms with Gasteiger partial charge in [-0.25, -0.2) is 0 Å². The number of hydrogen-bond acceptors (Lipinski definition) is 4. The van der Waals surface area contributed by atoms with Gasteiger partial charge in [-0.05, 0) is 30.5 Å². The van der Waals surface area contributed by atoms with Crippen LogP contribution in [0.4, 0.5) is 5.69 Å². The molecule has 0 spiro atoms. The van der Waals surface area contributed by atoms with E-state index in [9.17, 15) is 8.42 Å². The molecule has 0 radical (unpaired) electrons. The maximum Gasteiger partial charge on any atom is 1.00 e. The predicted molar refractivity (Wildman–Crippen MR) is 69.3 cm³/mol. The molecule has 5 nitrogen and oxygen atoms in total. The largest absolute Gasteiger partial charge is 1.00 e. The molecule has 0 aliphatic heterocycles. The number of hydrogen-bond donors (Lipinski definition) is 2. The van der Waals surface area contributed by atoms with Crippen molar-refractivity contribution in [1.29, 1.82) is 0 Å².